The Hall–Kier alpha value is -1.27. The summed E-state index contributed by atoms with van der Waals surface area (Å²) < 4.78 is 2.99. The highest BCUT2D eigenvalue weighted by Gasteiger charge is 2.15. The molecule has 4 heteroatoms. The summed E-state index contributed by atoms with van der Waals surface area (Å²) >= 11 is 3.38. The molecule has 1 heterocycles. The predicted molar refractivity (Wildman–Crippen MR) is 87.4 cm³/mol. The van der Waals surface area contributed by atoms with Crippen molar-refractivity contribution in [3.63, 3.8) is 0 Å². The maximum Gasteiger partial charge on any atom is 0.227 e. The Morgan fingerprint density at radius 2 is 1.68 bits per heavy atom. The molecule has 0 atom stereocenters. The van der Waals surface area contributed by atoms with Crippen molar-refractivity contribution in [2.45, 2.75) is 13.5 Å². The van der Waals surface area contributed by atoms with Crippen LogP contribution in [0.3, 0.4) is 0 Å². The molecule has 2 aromatic carbocycles. The number of benzene rings is 2. The van der Waals surface area contributed by atoms with Crippen LogP contribution in [0.25, 0.3) is 10.8 Å². The third-order valence-corrected chi connectivity index (χ3v) is 4.12. The minimum Gasteiger partial charge on any atom is -1.00 e. The number of carbonyl (C=O) groups is 1. The third-order valence-electron chi connectivity index (χ3n) is 3.59. The van der Waals surface area contributed by atoms with E-state index in [1.54, 1.807) is 0 Å². The zero-order valence-electron chi connectivity index (χ0n) is 12.1. The Kier molecular flexibility index (Phi) is 5.69. The number of ketones is 1. The molecule has 0 amide bonds. The SMILES string of the molecule is Cc1cc2ccccc2c[n+]1CC(=O)c1ccc(Br)cc1.[I-]. The Bertz CT molecular complexity index is 815. The molecule has 0 radical (unpaired) electrons. The lowest BCUT2D eigenvalue weighted by Gasteiger charge is -2.03. The van der Waals surface area contributed by atoms with Gasteiger partial charge in [-0.15, -0.1) is 0 Å². The molecule has 112 valence electrons. The average molecular weight is 468 g/mol. The summed E-state index contributed by atoms with van der Waals surface area (Å²) in [5, 5.41) is 2.34. The first-order valence-corrected chi connectivity index (χ1v) is 7.60. The number of aromatic nitrogens is 1. The third kappa shape index (κ3) is 3.73. The van der Waals surface area contributed by atoms with Crippen LogP contribution in [-0.4, -0.2) is 5.78 Å². The van der Waals surface area contributed by atoms with Gasteiger partial charge in [-0.1, -0.05) is 46.3 Å². The molecule has 0 aliphatic carbocycles. The molecule has 0 saturated carbocycles. The van der Waals surface area contributed by atoms with Crippen LogP contribution in [0.15, 0.2) is 65.3 Å². The largest absolute Gasteiger partial charge is 1.00 e. The highest BCUT2D eigenvalue weighted by atomic mass is 127. The van der Waals surface area contributed by atoms with E-state index in [2.05, 4.69) is 34.1 Å². The number of hydrogen-bond acceptors (Lipinski definition) is 1. The van der Waals surface area contributed by atoms with E-state index in [0.717, 1.165) is 21.1 Å². The summed E-state index contributed by atoms with van der Waals surface area (Å²) in [6.45, 7) is 2.39. The highest BCUT2D eigenvalue weighted by Crippen LogP contribution is 2.13. The molecule has 0 bridgehead atoms. The number of nitrogens with zero attached hydrogens (tertiary/aromatic N) is 1. The molecule has 0 N–H and O–H groups in total. The minimum atomic E-state index is 0. The molecule has 2 nitrogen and oxygen atoms in total. The number of aryl methyl sites for hydroxylation is 1. The summed E-state index contributed by atoms with van der Waals surface area (Å²) in [5.74, 6) is 0.117. The van der Waals surface area contributed by atoms with Gasteiger partial charge in [0.1, 0.15) is 0 Å². The molecule has 3 aromatic rings. The van der Waals surface area contributed by atoms with Crippen LogP contribution < -0.4 is 28.5 Å². The number of hydrogen-bond donors (Lipinski definition) is 0. The maximum atomic E-state index is 12.4. The fraction of sp³-hybridized carbons (Fsp3) is 0.111. The highest BCUT2D eigenvalue weighted by molar-refractivity contribution is 9.10. The van der Waals surface area contributed by atoms with Gasteiger partial charge < -0.3 is 24.0 Å². The standard InChI is InChI=1S/C18H15BrNO.HI/c1-13-10-15-4-2-3-5-16(15)11-20(13)12-18(21)14-6-8-17(19)9-7-14;/h2-11H,12H2,1H3;1H/q+1;/p-1. The van der Waals surface area contributed by atoms with E-state index < -0.39 is 0 Å². The van der Waals surface area contributed by atoms with Crippen molar-refractivity contribution in [2.75, 3.05) is 0 Å². The van der Waals surface area contributed by atoms with E-state index in [4.69, 9.17) is 0 Å². The van der Waals surface area contributed by atoms with Crippen LogP contribution >= 0.6 is 15.9 Å². The van der Waals surface area contributed by atoms with E-state index in [9.17, 15) is 4.79 Å². The number of carbonyl (C=O) groups excluding carboxylic acids is 1. The van der Waals surface area contributed by atoms with Crippen molar-refractivity contribution in [1.29, 1.82) is 0 Å². The van der Waals surface area contributed by atoms with Gasteiger partial charge >= 0.3 is 0 Å². The lowest BCUT2D eigenvalue weighted by atomic mass is 10.1. The second-order valence-electron chi connectivity index (χ2n) is 5.10. The second-order valence-corrected chi connectivity index (χ2v) is 6.02. The van der Waals surface area contributed by atoms with Gasteiger partial charge in [-0.3, -0.25) is 4.79 Å². The fourth-order valence-electron chi connectivity index (χ4n) is 2.39. The summed E-state index contributed by atoms with van der Waals surface area (Å²) in [6, 6.07) is 17.8. The van der Waals surface area contributed by atoms with Crippen LogP contribution in [0.1, 0.15) is 16.1 Å². The van der Waals surface area contributed by atoms with Gasteiger partial charge in [0.25, 0.3) is 0 Å². The lowest BCUT2D eigenvalue weighted by molar-refractivity contribution is -0.687. The first-order valence-electron chi connectivity index (χ1n) is 6.81. The predicted octanol–water partition coefficient (Wildman–Crippen LogP) is 1.09. The Balaban J connectivity index is 0.00000176. The second kappa shape index (κ2) is 7.33. The van der Waals surface area contributed by atoms with E-state index in [1.165, 1.54) is 5.39 Å². The number of rotatable bonds is 3. The molecule has 1 aromatic heterocycles. The van der Waals surface area contributed by atoms with Gasteiger partial charge in [0.05, 0.1) is 0 Å². The van der Waals surface area contributed by atoms with Crippen molar-refractivity contribution in [3.8, 4) is 0 Å². The van der Waals surface area contributed by atoms with Crippen molar-refractivity contribution in [2.24, 2.45) is 0 Å². The fourth-order valence-corrected chi connectivity index (χ4v) is 2.65. The van der Waals surface area contributed by atoms with Crippen molar-refractivity contribution in [1.82, 2.24) is 0 Å². The summed E-state index contributed by atoms with van der Waals surface area (Å²) in [4.78, 5) is 12.4. The van der Waals surface area contributed by atoms with E-state index in [1.807, 2.05) is 54.1 Å². The smallest absolute Gasteiger partial charge is 0.227 e. The zero-order valence-corrected chi connectivity index (χ0v) is 15.8. The Morgan fingerprint density at radius 3 is 2.36 bits per heavy atom. The molecule has 0 saturated heterocycles. The van der Waals surface area contributed by atoms with Crippen LogP contribution in [-0.2, 0) is 6.54 Å². The van der Waals surface area contributed by atoms with Gasteiger partial charge in [0, 0.05) is 28.4 Å². The molecule has 22 heavy (non-hydrogen) atoms. The monoisotopic (exact) mass is 467 g/mol. The van der Waals surface area contributed by atoms with Crippen molar-refractivity contribution in [3.05, 3.63) is 76.5 Å². The van der Waals surface area contributed by atoms with Crippen LogP contribution in [0.2, 0.25) is 0 Å². The first kappa shape index (κ1) is 17.1. The van der Waals surface area contributed by atoms with Gasteiger partial charge in [-0.05, 0) is 23.6 Å². The normalized spacial score (nSPS) is 10.3. The van der Waals surface area contributed by atoms with E-state index in [-0.39, 0.29) is 29.8 Å². The van der Waals surface area contributed by atoms with Crippen LogP contribution in [0, 0.1) is 6.92 Å². The van der Waals surface area contributed by atoms with E-state index in [0.29, 0.717) is 6.54 Å². The Morgan fingerprint density at radius 1 is 1.05 bits per heavy atom. The number of halogens is 2. The first-order chi connectivity index (χ1) is 10.1. The molecule has 0 unspecified atom stereocenters. The maximum absolute atomic E-state index is 12.4. The van der Waals surface area contributed by atoms with Gasteiger partial charge in [0.2, 0.25) is 12.3 Å². The zero-order chi connectivity index (χ0) is 14.8. The lowest BCUT2D eigenvalue weighted by Crippen LogP contribution is -3.00. The Labute approximate surface area is 155 Å². The molecular formula is C18H15BrINO. The van der Waals surface area contributed by atoms with Crippen molar-refractivity contribution < 1.29 is 33.3 Å². The number of Topliss-reactive ketones (excluding diaryl/α,β-unsaturated/α-hetero) is 1. The van der Waals surface area contributed by atoms with Crippen molar-refractivity contribution >= 4 is 32.5 Å². The summed E-state index contributed by atoms with van der Waals surface area (Å²) in [5.41, 5.74) is 1.82. The quantitative estimate of drug-likeness (QED) is 0.321. The molecular weight excluding hydrogens is 453 g/mol. The van der Waals surface area contributed by atoms with Gasteiger partial charge in [-0.25, -0.2) is 0 Å². The molecule has 0 aliphatic heterocycles. The molecule has 3 rings (SSSR count). The van der Waals surface area contributed by atoms with Crippen LogP contribution in [0.5, 0.6) is 0 Å². The summed E-state index contributed by atoms with van der Waals surface area (Å²) in [6.07, 6.45) is 2.04. The number of pyridine rings is 1. The number of fused-ring (bicyclic) bond motifs is 1. The average Bonchev–Trinajstić information content (AvgIpc) is 2.48. The molecule has 0 aliphatic rings. The summed E-state index contributed by atoms with van der Waals surface area (Å²) in [7, 11) is 0. The van der Waals surface area contributed by atoms with Gasteiger partial charge in [0.15, 0.2) is 11.9 Å². The van der Waals surface area contributed by atoms with Crippen LogP contribution in [0.4, 0.5) is 0 Å². The molecule has 0 fully saturated rings. The van der Waals surface area contributed by atoms with Gasteiger partial charge in [-0.2, -0.15) is 4.57 Å². The minimum absolute atomic E-state index is 0. The topological polar surface area (TPSA) is 20.9 Å². The molecule has 0 spiro atoms. The van der Waals surface area contributed by atoms with E-state index >= 15 is 0 Å².